The lowest BCUT2D eigenvalue weighted by Crippen LogP contribution is -2.15. The molecule has 26 heavy (non-hydrogen) atoms. The van der Waals surface area contributed by atoms with Crippen LogP contribution in [0.5, 0.6) is 0 Å². The van der Waals surface area contributed by atoms with Crippen LogP contribution in [0, 0.1) is 10.1 Å². The molecule has 0 spiro atoms. The summed E-state index contributed by atoms with van der Waals surface area (Å²) in [5.41, 5.74) is -0.309. The van der Waals surface area contributed by atoms with Gasteiger partial charge in [0, 0.05) is 16.0 Å². The number of amides is 1. The first-order chi connectivity index (χ1) is 12.4. The van der Waals surface area contributed by atoms with Gasteiger partial charge in [0.1, 0.15) is 10.6 Å². The molecule has 7 nitrogen and oxygen atoms in total. The van der Waals surface area contributed by atoms with Crippen LogP contribution >= 0.6 is 22.9 Å². The van der Waals surface area contributed by atoms with E-state index in [4.69, 9.17) is 16.3 Å². The normalized spacial score (nSPS) is 10.4. The van der Waals surface area contributed by atoms with Crippen molar-refractivity contribution in [1.82, 2.24) is 0 Å². The van der Waals surface area contributed by atoms with Crippen LogP contribution < -0.4 is 5.32 Å². The Morgan fingerprint density at radius 3 is 2.62 bits per heavy atom. The fourth-order valence-corrected chi connectivity index (χ4v) is 3.60. The number of hydrogen-bond donors (Lipinski definition) is 1. The topological polar surface area (TPSA) is 98.5 Å². The van der Waals surface area contributed by atoms with Crippen molar-refractivity contribution < 1.29 is 19.2 Å². The van der Waals surface area contributed by atoms with Crippen molar-refractivity contribution in [2.24, 2.45) is 0 Å². The summed E-state index contributed by atoms with van der Waals surface area (Å²) in [6.45, 7) is 3.88. The van der Waals surface area contributed by atoms with Crippen molar-refractivity contribution in [3.8, 4) is 0 Å². The third kappa shape index (κ3) is 4.59. The number of benzene rings is 1. The molecule has 2 rings (SSSR count). The van der Waals surface area contributed by atoms with E-state index in [1.165, 1.54) is 29.5 Å². The van der Waals surface area contributed by atoms with Gasteiger partial charge in [-0.15, -0.1) is 11.3 Å². The zero-order valence-electron chi connectivity index (χ0n) is 14.2. The van der Waals surface area contributed by atoms with Crippen molar-refractivity contribution in [3.63, 3.8) is 0 Å². The van der Waals surface area contributed by atoms with Gasteiger partial charge in [-0.25, -0.2) is 4.79 Å². The highest BCUT2D eigenvalue weighted by Crippen LogP contribution is 2.31. The molecule has 0 unspecified atom stereocenters. The number of anilines is 1. The van der Waals surface area contributed by atoms with Crippen molar-refractivity contribution in [2.75, 3.05) is 11.9 Å². The quantitative estimate of drug-likeness (QED) is 0.415. The van der Waals surface area contributed by atoms with Gasteiger partial charge in [0.15, 0.2) is 0 Å². The van der Waals surface area contributed by atoms with Gasteiger partial charge in [-0.05, 0) is 31.5 Å². The largest absolute Gasteiger partial charge is 0.462 e. The molecule has 138 valence electrons. The molecule has 9 heteroatoms. The molecule has 0 saturated heterocycles. The Morgan fingerprint density at radius 1 is 1.27 bits per heavy atom. The lowest BCUT2D eigenvalue weighted by molar-refractivity contribution is -0.385. The number of nitro benzene ring substituents is 1. The maximum atomic E-state index is 12.6. The highest BCUT2D eigenvalue weighted by molar-refractivity contribution is 7.16. The molecule has 1 amide bonds. The number of rotatable bonds is 7. The molecule has 0 aliphatic rings. The first kappa shape index (κ1) is 19.9. The number of carbonyl (C=O) groups excluding carboxylic acids is 2. The van der Waals surface area contributed by atoms with Crippen LogP contribution in [-0.4, -0.2) is 23.4 Å². The molecule has 1 aromatic carbocycles. The summed E-state index contributed by atoms with van der Waals surface area (Å²) in [6.07, 6.45) is 1.61. The highest BCUT2D eigenvalue weighted by atomic mass is 35.5. The number of thiophene rings is 1. The summed E-state index contributed by atoms with van der Waals surface area (Å²) in [4.78, 5) is 36.1. The Balaban J connectivity index is 2.38. The van der Waals surface area contributed by atoms with E-state index < -0.39 is 16.8 Å². The number of nitrogens with one attached hydrogen (secondary N) is 1. The van der Waals surface area contributed by atoms with Crippen LogP contribution in [-0.2, 0) is 11.2 Å². The Labute approximate surface area is 159 Å². The number of halogens is 1. The molecular formula is C17H17ClN2O5S. The number of esters is 1. The van der Waals surface area contributed by atoms with Gasteiger partial charge in [-0.1, -0.05) is 24.9 Å². The van der Waals surface area contributed by atoms with E-state index in [0.717, 1.165) is 17.7 Å². The van der Waals surface area contributed by atoms with Gasteiger partial charge < -0.3 is 10.1 Å². The van der Waals surface area contributed by atoms with Gasteiger partial charge in [-0.2, -0.15) is 0 Å². The van der Waals surface area contributed by atoms with Gasteiger partial charge in [0.05, 0.1) is 17.1 Å². The first-order valence-corrected chi connectivity index (χ1v) is 9.11. The minimum absolute atomic E-state index is 0.178. The van der Waals surface area contributed by atoms with Gasteiger partial charge >= 0.3 is 5.97 Å². The predicted molar refractivity (Wildman–Crippen MR) is 100 cm³/mol. The van der Waals surface area contributed by atoms with Crippen molar-refractivity contribution in [1.29, 1.82) is 0 Å². The molecule has 0 bridgehead atoms. The molecule has 0 aliphatic heterocycles. The Hall–Kier alpha value is -2.45. The van der Waals surface area contributed by atoms with E-state index in [1.807, 2.05) is 6.92 Å². The summed E-state index contributed by atoms with van der Waals surface area (Å²) in [7, 11) is 0. The third-order valence-electron chi connectivity index (χ3n) is 3.40. The fourth-order valence-electron chi connectivity index (χ4n) is 2.28. The SMILES string of the molecule is CCCc1cc(C(=O)OCC)c(NC(=O)c2cc(Cl)ccc2[N+](=O)[O-])s1. The molecular weight excluding hydrogens is 380 g/mol. The molecule has 0 saturated carbocycles. The average molecular weight is 397 g/mol. The molecule has 0 fully saturated rings. The van der Waals surface area contributed by atoms with Crippen LogP contribution in [0.2, 0.25) is 5.02 Å². The first-order valence-electron chi connectivity index (χ1n) is 7.92. The second kappa shape index (κ2) is 8.77. The minimum atomic E-state index is -0.713. The Bertz CT molecular complexity index is 850. The van der Waals surface area contributed by atoms with E-state index in [-0.39, 0.29) is 28.4 Å². The number of nitrogens with zero attached hydrogens (tertiary/aromatic N) is 1. The molecule has 0 atom stereocenters. The minimum Gasteiger partial charge on any atom is -0.462 e. The fraction of sp³-hybridized carbons (Fsp3) is 0.294. The molecule has 1 heterocycles. The lowest BCUT2D eigenvalue weighted by Gasteiger charge is -2.07. The van der Waals surface area contributed by atoms with Crippen molar-refractivity contribution >= 4 is 45.5 Å². The second-order valence-electron chi connectivity index (χ2n) is 5.30. The molecule has 1 aromatic heterocycles. The summed E-state index contributed by atoms with van der Waals surface area (Å²) in [5.74, 6) is -1.27. The number of aryl methyl sites for hydroxylation is 1. The molecule has 2 aromatic rings. The maximum Gasteiger partial charge on any atom is 0.341 e. The van der Waals surface area contributed by atoms with E-state index in [0.29, 0.717) is 5.00 Å². The lowest BCUT2D eigenvalue weighted by atomic mass is 10.1. The van der Waals surface area contributed by atoms with Gasteiger partial charge in [-0.3, -0.25) is 14.9 Å². The predicted octanol–water partition coefficient (Wildman–Crippen LogP) is 4.69. The number of carbonyl (C=O) groups is 2. The van der Waals surface area contributed by atoms with Crippen LogP contribution in [0.25, 0.3) is 0 Å². The van der Waals surface area contributed by atoms with Crippen LogP contribution in [0.1, 0.15) is 45.9 Å². The van der Waals surface area contributed by atoms with Crippen LogP contribution in [0.3, 0.4) is 0 Å². The molecule has 1 N–H and O–H groups in total. The number of hydrogen-bond acceptors (Lipinski definition) is 6. The molecule has 0 aliphatic carbocycles. The van der Waals surface area contributed by atoms with E-state index >= 15 is 0 Å². The Kier molecular flexibility index (Phi) is 6.70. The average Bonchev–Trinajstić information content (AvgIpc) is 2.97. The highest BCUT2D eigenvalue weighted by Gasteiger charge is 2.24. The van der Waals surface area contributed by atoms with E-state index in [1.54, 1.807) is 13.0 Å². The zero-order valence-corrected chi connectivity index (χ0v) is 15.8. The van der Waals surface area contributed by atoms with E-state index in [2.05, 4.69) is 5.32 Å². The molecule has 0 radical (unpaired) electrons. The second-order valence-corrected chi connectivity index (χ2v) is 6.87. The number of ether oxygens (including phenoxy) is 1. The van der Waals surface area contributed by atoms with Gasteiger partial charge in [0.25, 0.3) is 11.6 Å². The third-order valence-corrected chi connectivity index (χ3v) is 4.75. The summed E-state index contributed by atoms with van der Waals surface area (Å²) in [6, 6.07) is 5.40. The standard InChI is InChI=1S/C17H17ClN2O5S/c1-3-5-11-9-13(17(22)25-4-2)16(26-11)19-15(21)12-8-10(18)6-7-14(12)20(23)24/h6-9H,3-5H2,1-2H3,(H,19,21). The van der Waals surface area contributed by atoms with Crippen molar-refractivity contribution in [3.05, 3.63) is 55.4 Å². The zero-order chi connectivity index (χ0) is 19.3. The summed E-state index contributed by atoms with van der Waals surface area (Å²) in [5, 5.41) is 14.2. The van der Waals surface area contributed by atoms with Gasteiger partial charge in [0.2, 0.25) is 0 Å². The summed E-state index contributed by atoms with van der Waals surface area (Å²) < 4.78 is 5.02. The number of nitro groups is 1. The maximum absolute atomic E-state index is 12.6. The van der Waals surface area contributed by atoms with Crippen molar-refractivity contribution in [2.45, 2.75) is 26.7 Å². The van der Waals surface area contributed by atoms with E-state index in [9.17, 15) is 19.7 Å². The monoisotopic (exact) mass is 396 g/mol. The van der Waals surface area contributed by atoms with Crippen LogP contribution in [0.4, 0.5) is 10.7 Å². The Morgan fingerprint density at radius 2 is 2.00 bits per heavy atom. The smallest absolute Gasteiger partial charge is 0.341 e. The van der Waals surface area contributed by atoms with Crippen LogP contribution in [0.15, 0.2) is 24.3 Å². The summed E-state index contributed by atoms with van der Waals surface area (Å²) >= 11 is 7.11.